The number of sulfonamides is 1. The Morgan fingerprint density at radius 1 is 1.44 bits per heavy atom. The Hall–Kier alpha value is -1.55. The third kappa shape index (κ3) is 5.21. The van der Waals surface area contributed by atoms with Gasteiger partial charge in [0.05, 0.1) is 16.4 Å². The minimum Gasteiger partial charge on any atom is -0.383 e. The molecule has 0 aliphatic carbocycles. The molecule has 1 aliphatic rings. The van der Waals surface area contributed by atoms with Crippen molar-refractivity contribution in [1.82, 2.24) is 9.62 Å². The van der Waals surface area contributed by atoms with Crippen LogP contribution in [-0.2, 0) is 21.2 Å². The summed E-state index contributed by atoms with van der Waals surface area (Å²) in [4.78, 5) is 12.6. The molecule has 9 heteroatoms. The summed E-state index contributed by atoms with van der Waals surface area (Å²) in [6.45, 7) is 4.71. The van der Waals surface area contributed by atoms with Crippen LogP contribution in [0.5, 0.6) is 0 Å². The highest BCUT2D eigenvalue weighted by atomic mass is 32.2. The van der Waals surface area contributed by atoms with Gasteiger partial charge in [-0.2, -0.15) is 0 Å². The second-order valence-electron chi connectivity index (χ2n) is 6.16. The molecular formula is C16H25N3O5S. The molecule has 0 aromatic heterocycles. The van der Waals surface area contributed by atoms with Crippen LogP contribution in [0.15, 0.2) is 23.1 Å². The van der Waals surface area contributed by atoms with Crippen LogP contribution in [0.1, 0.15) is 25.3 Å². The first kappa shape index (κ1) is 19.8. The van der Waals surface area contributed by atoms with Crippen LogP contribution in [0, 0.1) is 10.1 Å². The highest BCUT2D eigenvalue weighted by Crippen LogP contribution is 2.24. The number of benzene rings is 1. The van der Waals surface area contributed by atoms with E-state index in [-0.39, 0.29) is 16.6 Å². The molecule has 0 saturated carbocycles. The van der Waals surface area contributed by atoms with E-state index >= 15 is 0 Å². The van der Waals surface area contributed by atoms with Crippen LogP contribution < -0.4 is 4.72 Å². The molecule has 25 heavy (non-hydrogen) atoms. The number of hydrogen-bond acceptors (Lipinski definition) is 6. The van der Waals surface area contributed by atoms with Gasteiger partial charge in [0, 0.05) is 38.4 Å². The SMILES string of the molecule is CCc1ccc([N+](=O)[O-])cc1S(=O)(=O)NC1CCCN(CCOC)C1. The minimum absolute atomic E-state index is 0.00165. The zero-order valence-electron chi connectivity index (χ0n) is 14.6. The van der Waals surface area contributed by atoms with E-state index in [0.717, 1.165) is 32.0 Å². The van der Waals surface area contributed by atoms with E-state index in [1.54, 1.807) is 7.11 Å². The molecule has 1 atom stereocenters. The first-order valence-corrected chi connectivity index (χ1v) is 9.86. The minimum atomic E-state index is -3.81. The largest absolute Gasteiger partial charge is 0.383 e. The van der Waals surface area contributed by atoms with Gasteiger partial charge in [0.25, 0.3) is 5.69 Å². The Kier molecular flexibility index (Phi) is 6.88. The number of piperidine rings is 1. The van der Waals surface area contributed by atoms with Crippen molar-refractivity contribution < 1.29 is 18.1 Å². The van der Waals surface area contributed by atoms with Crippen LogP contribution in [0.25, 0.3) is 0 Å². The van der Waals surface area contributed by atoms with Crippen LogP contribution >= 0.6 is 0 Å². The molecule has 1 aromatic carbocycles. The molecule has 1 aliphatic heterocycles. The second-order valence-corrected chi connectivity index (χ2v) is 7.84. The Morgan fingerprint density at radius 2 is 2.20 bits per heavy atom. The summed E-state index contributed by atoms with van der Waals surface area (Å²) < 4.78 is 33.4. The van der Waals surface area contributed by atoms with Gasteiger partial charge in [-0.25, -0.2) is 13.1 Å². The van der Waals surface area contributed by atoms with E-state index in [1.165, 1.54) is 12.1 Å². The molecular weight excluding hydrogens is 346 g/mol. The molecule has 140 valence electrons. The lowest BCUT2D eigenvalue weighted by atomic mass is 10.1. The van der Waals surface area contributed by atoms with Crippen LogP contribution in [0.3, 0.4) is 0 Å². The van der Waals surface area contributed by atoms with Gasteiger partial charge in [-0.1, -0.05) is 13.0 Å². The summed E-state index contributed by atoms with van der Waals surface area (Å²) >= 11 is 0. The van der Waals surface area contributed by atoms with Crippen molar-refractivity contribution in [3.8, 4) is 0 Å². The number of likely N-dealkylation sites (tertiary alicyclic amines) is 1. The Labute approximate surface area is 148 Å². The predicted octanol–water partition coefficient (Wildman–Crippen LogP) is 1.55. The number of ether oxygens (including phenoxy) is 1. The van der Waals surface area contributed by atoms with Crippen molar-refractivity contribution in [3.05, 3.63) is 33.9 Å². The lowest BCUT2D eigenvalue weighted by molar-refractivity contribution is -0.385. The van der Waals surface area contributed by atoms with Crippen molar-refractivity contribution in [2.45, 2.75) is 37.1 Å². The van der Waals surface area contributed by atoms with E-state index in [2.05, 4.69) is 9.62 Å². The van der Waals surface area contributed by atoms with Gasteiger partial charge in [0.2, 0.25) is 10.0 Å². The van der Waals surface area contributed by atoms with Crippen molar-refractivity contribution in [1.29, 1.82) is 0 Å². The van der Waals surface area contributed by atoms with Gasteiger partial charge in [-0.15, -0.1) is 0 Å². The fourth-order valence-corrected chi connectivity index (χ4v) is 4.65. The highest BCUT2D eigenvalue weighted by molar-refractivity contribution is 7.89. The lowest BCUT2D eigenvalue weighted by Gasteiger charge is -2.32. The molecule has 0 radical (unpaired) electrons. The summed E-state index contributed by atoms with van der Waals surface area (Å²) in [6.07, 6.45) is 2.13. The normalized spacial score (nSPS) is 19.0. The van der Waals surface area contributed by atoms with E-state index in [9.17, 15) is 18.5 Å². The Morgan fingerprint density at radius 3 is 2.84 bits per heavy atom. The zero-order valence-corrected chi connectivity index (χ0v) is 15.4. The van der Waals surface area contributed by atoms with E-state index in [4.69, 9.17) is 4.74 Å². The number of methoxy groups -OCH3 is 1. The van der Waals surface area contributed by atoms with Crippen molar-refractivity contribution in [2.24, 2.45) is 0 Å². The number of non-ortho nitro benzene ring substituents is 1. The number of nitro benzene ring substituents is 1. The molecule has 1 saturated heterocycles. The molecule has 8 nitrogen and oxygen atoms in total. The van der Waals surface area contributed by atoms with Gasteiger partial charge >= 0.3 is 0 Å². The first-order chi connectivity index (χ1) is 11.9. The third-order valence-corrected chi connectivity index (χ3v) is 5.97. The van der Waals surface area contributed by atoms with E-state index < -0.39 is 14.9 Å². The number of nitrogens with zero attached hydrogens (tertiary/aromatic N) is 2. The highest BCUT2D eigenvalue weighted by Gasteiger charge is 2.27. The zero-order chi connectivity index (χ0) is 18.4. The molecule has 0 bridgehead atoms. The molecule has 0 spiro atoms. The molecule has 1 fully saturated rings. The standard InChI is InChI=1S/C16H25N3O5S/c1-3-13-6-7-15(19(20)21)11-16(13)25(22,23)17-14-5-4-8-18(12-14)9-10-24-2/h6-7,11,14,17H,3-5,8-10,12H2,1-2H3. The maximum Gasteiger partial charge on any atom is 0.270 e. The molecule has 1 aromatic rings. The van der Waals surface area contributed by atoms with Crippen LogP contribution in [0.4, 0.5) is 5.69 Å². The second kappa shape index (κ2) is 8.70. The summed E-state index contributed by atoms with van der Waals surface area (Å²) in [6, 6.07) is 3.79. The first-order valence-electron chi connectivity index (χ1n) is 8.38. The molecule has 1 unspecified atom stereocenters. The molecule has 1 N–H and O–H groups in total. The molecule has 1 heterocycles. The summed E-state index contributed by atoms with van der Waals surface area (Å²) in [5.74, 6) is 0. The van der Waals surface area contributed by atoms with Crippen LogP contribution in [-0.4, -0.2) is 57.6 Å². The van der Waals surface area contributed by atoms with Gasteiger partial charge < -0.3 is 4.74 Å². The van der Waals surface area contributed by atoms with Gasteiger partial charge in [0.15, 0.2) is 0 Å². The number of hydrogen-bond donors (Lipinski definition) is 1. The van der Waals surface area contributed by atoms with Gasteiger partial charge in [-0.3, -0.25) is 15.0 Å². The monoisotopic (exact) mass is 371 g/mol. The quantitative estimate of drug-likeness (QED) is 0.549. The fourth-order valence-electron chi connectivity index (χ4n) is 3.06. The summed E-state index contributed by atoms with van der Waals surface area (Å²) in [5.41, 5.74) is 0.355. The topological polar surface area (TPSA) is 102 Å². The molecule has 0 amide bonds. The van der Waals surface area contributed by atoms with E-state index in [0.29, 0.717) is 25.1 Å². The predicted molar refractivity (Wildman–Crippen MR) is 94.1 cm³/mol. The lowest BCUT2D eigenvalue weighted by Crippen LogP contribution is -2.48. The molecule has 2 rings (SSSR count). The Bertz CT molecular complexity index is 708. The maximum atomic E-state index is 12.8. The number of nitrogens with one attached hydrogen (secondary N) is 1. The van der Waals surface area contributed by atoms with Gasteiger partial charge in [-0.05, 0) is 31.4 Å². The van der Waals surface area contributed by atoms with Crippen molar-refractivity contribution in [3.63, 3.8) is 0 Å². The Balaban J connectivity index is 2.18. The summed E-state index contributed by atoms with van der Waals surface area (Å²) in [7, 11) is -2.18. The number of rotatable bonds is 8. The maximum absolute atomic E-state index is 12.8. The number of aryl methyl sites for hydroxylation is 1. The number of nitro groups is 1. The summed E-state index contributed by atoms with van der Waals surface area (Å²) in [5, 5.41) is 11.0. The van der Waals surface area contributed by atoms with Crippen molar-refractivity contribution >= 4 is 15.7 Å². The average Bonchev–Trinajstić information content (AvgIpc) is 2.59. The fraction of sp³-hybridized carbons (Fsp3) is 0.625. The van der Waals surface area contributed by atoms with E-state index in [1.807, 2.05) is 6.92 Å². The third-order valence-electron chi connectivity index (χ3n) is 4.37. The average molecular weight is 371 g/mol. The van der Waals surface area contributed by atoms with Crippen LogP contribution in [0.2, 0.25) is 0 Å². The smallest absolute Gasteiger partial charge is 0.270 e. The van der Waals surface area contributed by atoms with Crippen molar-refractivity contribution in [2.75, 3.05) is 33.4 Å². The van der Waals surface area contributed by atoms with Gasteiger partial charge in [0.1, 0.15) is 0 Å².